The number of methoxy groups -OCH3 is 1. The number of aryl methyl sites for hydroxylation is 1. The number of aromatic nitrogens is 4. The monoisotopic (exact) mass is 359 g/mol. The van der Waals surface area contributed by atoms with Gasteiger partial charge in [0, 0.05) is 18.9 Å². The fourth-order valence-electron chi connectivity index (χ4n) is 1.87. The summed E-state index contributed by atoms with van der Waals surface area (Å²) in [7, 11) is -0.417. The summed E-state index contributed by atoms with van der Waals surface area (Å²) in [5.74, 6) is -0.490. The number of hydrogen-bond donors (Lipinski definition) is 1. The molecule has 0 bridgehead atoms. The molecule has 1 amide bonds. The molecule has 1 N–H and O–H groups in total. The van der Waals surface area contributed by atoms with Gasteiger partial charge in [0.1, 0.15) is 5.75 Å². The summed E-state index contributed by atoms with van der Waals surface area (Å²) in [6.45, 7) is 0. The van der Waals surface area contributed by atoms with Crippen LogP contribution >= 0.6 is 11.6 Å². The van der Waals surface area contributed by atoms with Crippen molar-refractivity contribution in [1.82, 2.24) is 20.2 Å². The molecule has 0 radical (unpaired) electrons. The Labute approximate surface area is 137 Å². The summed E-state index contributed by atoms with van der Waals surface area (Å²) in [5, 5.41) is 13.1. The average molecular weight is 360 g/mol. The van der Waals surface area contributed by atoms with Crippen LogP contribution in [0.4, 0.5) is 5.95 Å². The number of anilines is 1. The maximum absolute atomic E-state index is 12.3. The molecule has 1 aromatic heterocycles. The second-order valence-corrected chi connectivity index (χ2v) is 7.28. The standard InChI is InChI=1S/C12H14ClN5O4S/c1-18-12(15-16-17-18)14-11(19)7-4-5-9(22-2)8(10(7)13)6-23(3,20)21/h4-5H,6H2,1-3H3,(H,14,15,17,19). The summed E-state index contributed by atoms with van der Waals surface area (Å²) >= 11 is 6.21. The molecular formula is C12H14ClN5O4S. The number of rotatable bonds is 5. The van der Waals surface area contributed by atoms with Crippen LogP contribution in [0.1, 0.15) is 15.9 Å². The van der Waals surface area contributed by atoms with Gasteiger partial charge < -0.3 is 4.74 Å². The zero-order valence-electron chi connectivity index (χ0n) is 12.6. The fraction of sp³-hybridized carbons (Fsp3) is 0.333. The van der Waals surface area contributed by atoms with Crippen LogP contribution in [0, 0.1) is 0 Å². The maximum atomic E-state index is 12.3. The van der Waals surface area contributed by atoms with E-state index in [4.69, 9.17) is 16.3 Å². The zero-order chi connectivity index (χ0) is 17.2. The molecule has 0 fully saturated rings. The number of benzene rings is 1. The van der Waals surface area contributed by atoms with Gasteiger partial charge in [-0.15, -0.1) is 0 Å². The van der Waals surface area contributed by atoms with Crippen LogP contribution in [-0.4, -0.2) is 47.9 Å². The van der Waals surface area contributed by atoms with E-state index >= 15 is 0 Å². The summed E-state index contributed by atoms with van der Waals surface area (Å²) in [6.07, 6.45) is 1.07. The van der Waals surface area contributed by atoms with Crippen LogP contribution in [0.15, 0.2) is 12.1 Å². The van der Waals surface area contributed by atoms with Crippen LogP contribution in [0.5, 0.6) is 5.75 Å². The predicted octanol–water partition coefficient (Wildman–Crippen LogP) is 0.669. The van der Waals surface area contributed by atoms with Crippen molar-refractivity contribution in [2.24, 2.45) is 7.05 Å². The Morgan fingerprint density at radius 1 is 1.43 bits per heavy atom. The van der Waals surface area contributed by atoms with Crippen molar-refractivity contribution in [2.45, 2.75) is 5.75 Å². The molecule has 9 nitrogen and oxygen atoms in total. The molecule has 0 saturated carbocycles. The highest BCUT2D eigenvalue weighted by atomic mass is 35.5. The normalized spacial score (nSPS) is 11.3. The summed E-state index contributed by atoms with van der Waals surface area (Å²) in [6, 6.07) is 2.92. The molecule has 2 aromatic rings. The lowest BCUT2D eigenvalue weighted by atomic mass is 10.1. The molecule has 0 atom stereocenters. The molecule has 0 aliphatic rings. The minimum Gasteiger partial charge on any atom is -0.496 e. The van der Waals surface area contributed by atoms with E-state index in [-0.39, 0.29) is 33.6 Å². The summed E-state index contributed by atoms with van der Waals surface area (Å²) < 4.78 is 29.5. The second-order valence-electron chi connectivity index (χ2n) is 4.76. The van der Waals surface area contributed by atoms with Crippen LogP contribution in [-0.2, 0) is 22.6 Å². The molecule has 0 spiro atoms. The highest BCUT2D eigenvalue weighted by Gasteiger charge is 2.21. The van der Waals surface area contributed by atoms with E-state index in [1.54, 1.807) is 7.05 Å². The molecule has 11 heteroatoms. The van der Waals surface area contributed by atoms with Crippen molar-refractivity contribution in [3.63, 3.8) is 0 Å². The lowest BCUT2D eigenvalue weighted by molar-refractivity contribution is 0.102. The first-order chi connectivity index (χ1) is 10.7. The van der Waals surface area contributed by atoms with Crippen LogP contribution in [0.3, 0.4) is 0 Å². The molecule has 0 saturated heterocycles. The summed E-state index contributed by atoms with van der Waals surface area (Å²) in [4.78, 5) is 12.3. The van der Waals surface area contributed by atoms with Gasteiger partial charge in [0.25, 0.3) is 5.91 Å². The second kappa shape index (κ2) is 6.50. The van der Waals surface area contributed by atoms with Crippen LogP contribution in [0.25, 0.3) is 0 Å². The highest BCUT2D eigenvalue weighted by molar-refractivity contribution is 7.89. The third-order valence-corrected chi connectivity index (χ3v) is 4.16. The Morgan fingerprint density at radius 2 is 2.13 bits per heavy atom. The Bertz CT molecular complexity index is 849. The number of ether oxygens (including phenoxy) is 1. The lowest BCUT2D eigenvalue weighted by Crippen LogP contribution is -2.17. The van der Waals surface area contributed by atoms with Crippen molar-refractivity contribution in [2.75, 3.05) is 18.7 Å². The number of amides is 1. The van der Waals surface area contributed by atoms with E-state index in [0.717, 1.165) is 6.26 Å². The van der Waals surface area contributed by atoms with Gasteiger partial charge in [-0.25, -0.2) is 13.1 Å². The van der Waals surface area contributed by atoms with Gasteiger partial charge in [-0.1, -0.05) is 16.7 Å². The predicted molar refractivity (Wildman–Crippen MR) is 83.3 cm³/mol. The molecular weight excluding hydrogens is 346 g/mol. The molecule has 1 heterocycles. The third kappa shape index (κ3) is 3.96. The Kier molecular flexibility index (Phi) is 4.85. The Hall–Kier alpha value is -2.20. The number of nitrogens with zero attached hydrogens (tertiary/aromatic N) is 4. The molecule has 0 unspecified atom stereocenters. The quantitative estimate of drug-likeness (QED) is 0.833. The SMILES string of the molecule is COc1ccc(C(=O)Nc2nnnn2C)c(Cl)c1CS(C)(=O)=O. The molecule has 124 valence electrons. The van der Waals surface area contributed by atoms with E-state index in [9.17, 15) is 13.2 Å². The van der Waals surface area contributed by atoms with E-state index in [0.29, 0.717) is 0 Å². The first-order valence-electron chi connectivity index (χ1n) is 6.29. The van der Waals surface area contributed by atoms with Crippen LogP contribution in [0.2, 0.25) is 5.02 Å². The zero-order valence-corrected chi connectivity index (χ0v) is 14.1. The molecule has 2 rings (SSSR count). The maximum Gasteiger partial charge on any atom is 0.259 e. The Morgan fingerprint density at radius 3 is 2.65 bits per heavy atom. The van der Waals surface area contributed by atoms with Crippen molar-refractivity contribution in [1.29, 1.82) is 0 Å². The lowest BCUT2D eigenvalue weighted by Gasteiger charge is -2.13. The molecule has 1 aromatic carbocycles. The van der Waals surface area contributed by atoms with Crippen molar-refractivity contribution < 1.29 is 17.9 Å². The number of nitrogens with one attached hydrogen (secondary N) is 1. The van der Waals surface area contributed by atoms with E-state index in [2.05, 4.69) is 20.8 Å². The minimum absolute atomic E-state index is 0.00222. The van der Waals surface area contributed by atoms with Crippen molar-refractivity contribution in [3.05, 3.63) is 28.3 Å². The first kappa shape index (κ1) is 17.2. The largest absolute Gasteiger partial charge is 0.496 e. The molecule has 0 aliphatic carbocycles. The first-order valence-corrected chi connectivity index (χ1v) is 8.73. The summed E-state index contributed by atoms with van der Waals surface area (Å²) in [5.41, 5.74) is 0.314. The molecule has 23 heavy (non-hydrogen) atoms. The minimum atomic E-state index is -3.36. The molecule has 0 aliphatic heterocycles. The number of halogens is 1. The van der Waals surface area contributed by atoms with Gasteiger partial charge in [0.05, 0.1) is 23.4 Å². The topological polar surface area (TPSA) is 116 Å². The van der Waals surface area contributed by atoms with Crippen molar-refractivity contribution in [3.8, 4) is 5.75 Å². The number of sulfone groups is 1. The fourth-order valence-corrected chi connectivity index (χ4v) is 3.07. The van der Waals surface area contributed by atoms with E-state index in [1.165, 1.54) is 23.9 Å². The van der Waals surface area contributed by atoms with Gasteiger partial charge in [-0.05, 0) is 22.6 Å². The van der Waals surface area contributed by atoms with E-state index in [1.807, 2.05) is 0 Å². The smallest absolute Gasteiger partial charge is 0.259 e. The third-order valence-electron chi connectivity index (χ3n) is 2.92. The van der Waals surface area contributed by atoms with Crippen molar-refractivity contribution >= 4 is 33.3 Å². The van der Waals surface area contributed by atoms with Crippen LogP contribution < -0.4 is 10.1 Å². The number of carbonyl (C=O) groups excluding carboxylic acids is 1. The average Bonchev–Trinajstić information content (AvgIpc) is 2.85. The Balaban J connectivity index is 2.41. The van der Waals surface area contributed by atoms with Gasteiger partial charge in [0.15, 0.2) is 9.84 Å². The van der Waals surface area contributed by atoms with E-state index < -0.39 is 15.7 Å². The number of carbonyl (C=O) groups is 1. The van der Waals surface area contributed by atoms with Gasteiger partial charge in [0.2, 0.25) is 5.95 Å². The number of hydrogen-bond acceptors (Lipinski definition) is 7. The van der Waals surface area contributed by atoms with Gasteiger partial charge >= 0.3 is 0 Å². The highest BCUT2D eigenvalue weighted by Crippen LogP contribution is 2.31. The van der Waals surface area contributed by atoms with Gasteiger partial charge in [-0.3, -0.25) is 10.1 Å². The number of tetrazole rings is 1. The van der Waals surface area contributed by atoms with Gasteiger partial charge in [-0.2, -0.15) is 0 Å².